The monoisotopic (exact) mass is 313 g/mol. The first-order valence-corrected chi connectivity index (χ1v) is 7.49. The van der Waals surface area contributed by atoms with E-state index < -0.39 is 5.97 Å². The predicted octanol–water partition coefficient (Wildman–Crippen LogP) is 0.190. The molecule has 0 spiro atoms. The van der Waals surface area contributed by atoms with Crippen LogP contribution in [0, 0.1) is 0 Å². The van der Waals surface area contributed by atoms with E-state index in [0.717, 1.165) is 6.54 Å². The number of carboxylic acid groups (broad SMARTS) is 1. The summed E-state index contributed by atoms with van der Waals surface area (Å²) in [7, 11) is 1.60. The quantitative estimate of drug-likeness (QED) is 0.431. The van der Waals surface area contributed by atoms with Crippen molar-refractivity contribution in [2.45, 2.75) is 26.3 Å². The van der Waals surface area contributed by atoms with Crippen LogP contribution in [-0.2, 0) is 25.5 Å². The number of methoxy groups -OCH3 is 1. The fourth-order valence-electron chi connectivity index (χ4n) is 1.46. The van der Waals surface area contributed by atoms with Gasteiger partial charge in [0, 0.05) is 38.1 Å². The van der Waals surface area contributed by atoms with Gasteiger partial charge >= 0.3 is 0 Å². The van der Waals surface area contributed by atoms with Crippen LogP contribution in [0.4, 0.5) is 0 Å². The minimum atomic E-state index is -1.10. The number of carbonyl (C=O) groups excluding carboxylic acids is 1. The van der Waals surface area contributed by atoms with Crippen LogP contribution in [0.3, 0.4) is 0 Å². The smallest absolute Gasteiger partial charge is 0.168 e. The van der Waals surface area contributed by atoms with Crippen LogP contribution < -0.4 is 9.67 Å². The van der Waals surface area contributed by atoms with E-state index in [9.17, 15) is 9.90 Å². The lowest BCUT2D eigenvalue weighted by molar-refractivity contribution is -0.697. The van der Waals surface area contributed by atoms with Gasteiger partial charge in [0.15, 0.2) is 12.4 Å². The molecule has 1 aromatic heterocycles. The highest BCUT2D eigenvalue weighted by Crippen LogP contribution is 1.82. The summed E-state index contributed by atoms with van der Waals surface area (Å²) in [5.41, 5.74) is 0. The van der Waals surface area contributed by atoms with Gasteiger partial charge in [0.1, 0.15) is 6.54 Å². The topological polar surface area (TPSA) is 71.7 Å². The number of hydrogen-bond donors (Lipinski definition) is 0. The Morgan fingerprint density at radius 2 is 1.59 bits per heavy atom. The molecule has 0 saturated carbocycles. The van der Waals surface area contributed by atoms with E-state index in [-0.39, 0.29) is 13.0 Å². The first-order chi connectivity index (χ1) is 10.7. The molecule has 6 heteroatoms. The molecule has 1 heterocycles. The number of nitrogens with zero attached hydrogens (tertiary/aromatic N) is 1. The van der Waals surface area contributed by atoms with Crippen LogP contribution in [-0.4, -0.2) is 46.1 Å². The van der Waals surface area contributed by atoms with Gasteiger partial charge in [-0.2, -0.15) is 0 Å². The Labute approximate surface area is 132 Å². The van der Waals surface area contributed by atoms with Crippen LogP contribution >= 0.6 is 0 Å². The van der Waals surface area contributed by atoms with Gasteiger partial charge in [-0.3, -0.25) is 0 Å². The van der Waals surface area contributed by atoms with Crippen molar-refractivity contribution in [3.8, 4) is 0 Å². The van der Waals surface area contributed by atoms with Crippen molar-refractivity contribution in [3.05, 3.63) is 30.6 Å². The zero-order valence-electron chi connectivity index (χ0n) is 13.5. The van der Waals surface area contributed by atoms with Crippen molar-refractivity contribution in [1.82, 2.24) is 0 Å². The van der Waals surface area contributed by atoms with E-state index in [1.54, 1.807) is 7.11 Å². The first-order valence-electron chi connectivity index (χ1n) is 7.49. The van der Waals surface area contributed by atoms with Crippen molar-refractivity contribution in [2.24, 2.45) is 0 Å². The molecule has 0 radical (unpaired) electrons. The molecule has 0 aliphatic heterocycles. The summed E-state index contributed by atoms with van der Waals surface area (Å²) in [6, 6.07) is 6.14. The van der Waals surface area contributed by atoms with Crippen LogP contribution in [0.1, 0.15) is 19.8 Å². The van der Waals surface area contributed by atoms with E-state index in [2.05, 4.69) is 36.0 Å². The maximum Gasteiger partial charge on any atom is 0.168 e. The summed E-state index contributed by atoms with van der Waals surface area (Å²) >= 11 is 0. The Hall–Kier alpha value is -1.50. The Balaban J connectivity index is 0.000000425. The number of carboxylic acids is 1. The molecular weight excluding hydrogens is 286 g/mol. The molecule has 0 saturated heterocycles. The third-order valence-electron chi connectivity index (χ3n) is 2.51. The molecule has 0 N–H and O–H groups in total. The summed E-state index contributed by atoms with van der Waals surface area (Å²) in [6.45, 7) is 5.42. The second kappa shape index (κ2) is 15.9. The summed E-state index contributed by atoms with van der Waals surface area (Å²) < 4.78 is 16.9. The number of ether oxygens (including phenoxy) is 3. The average molecular weight is 313 g/mol. The zero-order valence-corrected chi connectivity index (χ0v) is 13.5. The highest BCUT2D eigenvalue weighted by Gasteiger charge is 1.91. The van der Waals surface area contributed by atoms with Gasteiger partial charge in [-0.15, -0.1) is 0 Å². The third-order valence-corrected chi connectivity index (χ3v) is 2.51. The van der Waals surface area contributed by atoms with E-state index in [0.29, 0.717) is 26.4 Å². The molecule has 22 heavy (non-hydrogen) atoms. The number of pyridine rings is 1. The van der Waals surface area contributed by atoms with Gasteiger partial charge in [-0.1, -0.05) is 13.0 Å². The molecule has 0 aliphatic carbocycles. The largest absolute Gasteiger partial charge is 0.550 e. The standard InChI is InChI=1S/C8H12N.C8H16O5/c1-2-6-9-7-4-3-5-8-9;1-11-4-5-13-7-6-12-3-2-8(9)10/h3-5,7-8H,2,6H2,1H3;2-7H2,1H3,(H,9,10)/q+1;/p-1. The molecule has 0 unspecified atom stereocenters. The molecule has 126 valence electrons. The molecule has 1 rings (SSSR count). The lowest BCUT2D eigenvalue weighted by Crippen LogP contribution is -2.31. The van der Waals surface area contributed by atoms with Gasteiger partial charge in [-0.05, 0) is 0 Å². The predicted molar refractivity (Wildman–Crippen MR) is 80.1 cm³/mol. The molecular formula is C16H27NO5. The first kappa shape index (κ1) is 20.5. The Morgan fingerprint density at radius 3 is 2.14 bits per heavy atom. The summed E-state index contributed by atoms with van der Waals surface area (Å²) in [6.07, 6.45) is 5.31. The number of hydrogen-bond acceptors (Lipinski definition) is 5. The van der Waals surface area contributed by atoms with Crippen molar-refractivity contribution in [1.29, 1.82) is 0 Å². The SMILES string of the molecule is CCC[n+]1ccccc1.COCCOCCOCCC(=O)[O-]. The Morgan fingerprint density at radius 1 is 1.00 bits per heavy atom. The van der Waals surface area contributed by atoms with Crippen LogP contribution in [0.25, 0.3) is 0 Å². The van der Waals surface area contributed by atoms with Crippen LogP contribution in [0.15, 0.2) is 30.6 Å². The fourth-order valence-corrected chi connectivity index (χ4v) is 1.46. The number of carbonyl (C=O) groups is 1. The average Bonchev–Trinajstić information content (AvgIpc) is 2.52. The highest BCUT2D eigenvalue weighted by molar-refractivity contribution is 5.64. The normalized spacial score (nSPS) is 9.91. The molecule has 0 fully saturated rings. The summed E-state index contributed by atoms with van der Waals surface area (Å²) in [5.74, 6) is -1.10. The minimum absolute atomic E-state index is 0.0714. The molecule has 1 aromatic rings. The van der Waals surface area contributed by atoms with Crippen molar-refractivity contribution < 1.29 is 28.7 Å². The number of aromatic nitrogens is 1. The van der Waals surface area contributed by atoms with Gasteiger partial charge in [0.2, 0.25) is 0 Å². The molecule has 6 nitrogen and oxygen atoms in total. The molecule has 0 aliphatic rings. The van der Waals surface area contributed by atoms with Gasteiger partial charge < -0.3 is 24.1 Å². The van der Waals surface area contributed by atoms with Gasteiger partial charge in [0.05, 0.1) is 33.0 Å². The fraction of sp³-hybridized carbons (Fsp3) is 0.625. The Kier molecular flexibility index (Phi) is 14.8. The molecule has 0 amide bonds. The van der Waals surface area contributed by atoms with Crippen LogP contribution in [0.2, 0.25) is 0 Å². The molecule has 0 aromatic carbocycles. The minimum Gasteiger partial charge on any atom is -0.550 e. The maximum atomic E-state index is 9.93. The Bertz CT molecular complexity index is 359. The van der Waals surface area contributed by atoms with Crippen molar-refractivity contribution in [3.63, 3.8) is 0 Å². The lowest BCUT2D eigenvalue weighted by atomic mass is 10.4. The number of aryl methyl sites for hydroxylation is 1. The van der Waals surface area contributed by atoms with Crippen LogP contribution in [0.5, 0.6) is 0 Å². The van der Waals surface area contributed by atoms with E-state index in [1.807, 2.05) is 6.07 Å². The van der Waals surface area contributed by atoms with E-state index in [4.69, 9.17) is 14.2 Å². The third kappa shape index (κ3) is 14.9. The van der Waals surface area contributed by atoms with Gasteiger partial charge in [-0.25, -0.2) is 4.57 Å². The number of rotatable bonds is 11. The summed E-state index contributed by atoms with van der Waals surface area (Å²) in [4.78, 5) is 9.93. The summed E-state index contributed by atoms with van der Waals surface area (Å²) in [5, 5.41) is 9.93. The number of aliphatic carboxylic acids is 1. The zero-order chi connectivity index (χ0) is 16.5. The van der Waals surface area contributed by atoms with E-state index in [1.165, 1.54) is 6.42 Å². The highest BCUT2D eigenvalue weighted by atomic mass is 16.5. The second-order valence-electron chi connectivity index (χ2n) is 4.45. The van der Waals surface area contributed by atoms with Crippen molar-refractivity contribution in [2.75, 3.05) is 40.1 Å². The molecule has 0 atom stereocenters. The molecule has 0 bridgehead atoms. The van der Waals surface area contributed by atoms with Crippen molar-refractivity contribution >= 4 is 5.97 Å². The second-order valence-corrected chi connectivity index (χ2v) is 4.45. The van der Waals surface area contributed by atoms with Gasteiger partial charge in [0.25, 0.3) is 0 Å². The maximum absolute atomic E-state index is 9.93. The van der Waals surface area contributed by atoms with E-state index >= 15 is 0 Å². The lowest BCUT2D eigenvalue weighted by Gasteiger charge is -2.05.